The highest BCUT2D eigenvalue weighted by molar-refractivity contribution is 8.03. The summed E-state index contributed by atoms with van der Waals surface area (Å²) >= 11 is 4.20. The first kappa shape index (κ1) is 22.7. The minimum Gasteiger partial charge on any atom is -0.325 e. The maximum Gasteiger partial charge on any atom is 0.0189 e. The van der Waals surface area contributed by atoms with E-state index in [9.17, 15) is 0 Å². The first-order chi connectivity index (χ1) is 11.3. The number of nitrogens with two attached hydrogens (primary N) is 1. The van der Waals surface area contributed by atoms with E-state index in [0.717, 1.165) is 28.3 Å². The van der Waals surface area contributed by atoms with Gasteiger partial charge in [0, 0.05) is 16.0 Å². The van der Waals surface area contributed by atoms with E-state index in [4.69, 9.17) is 5.73 Å². The van der Waals surface area contributed by atoms with Crippen molar-refractivity contribution in [1.82, 2.24) is 0 Å². The Balaban J connectivity index is 2.80. The van der Waals surface area contributed by atoms with Crippen molar-refractivity contribution in [3.63, 3.8) is 0 Å². The van der Waals surface area contributed by atoms with E-state index >= 15 is 0 Å². The second kappa shape index (κ2) is 11.4. The van der Waals surface area contributed by atoms with Crippen LogP contribution in [0.5, 0.6) is 0 Å². The molecule has 0 amide bonds. The molecule has 144 valence electrons. The van der Waals surface area contributed by atoms with Gasteiger partial charge in [-0.05, 0) is 62.9 Å². The summed E-state index contributed by atoms with van der Waals surface area (Å²) in [6, 6.07) is 0. The highest BCUT2D eigenvalue weighted by Gasteiger charge is 2.29. The monoisotopic (exact) mass is 373 g/mol. The van der Waals surface area contributed by atoms with Gasteiger partial charge in [-0.15, -0.1) is 0 Å². The Morgan fingerprint density at radius 3 is 2.00 bits per heavy atom. The normalized spacial score (nSPS) is 41.4. The van der Waals surface area contributed by atoms with Crippen molar-refractivity contribution in [3.05, 3.63) is 0 Å². The molecular formula is C21H43NS2. The van der Waals surface area contributed by atoms with Gasteiger partial charge in [0.25, 0.3) is 0 Å². The van der Waals surface area contributed by atoms with Crippen molar-refractivity contribution in [1.29, 1.82) is 0 Å². The molecule has 0 saturated heterocycles. The highest BCUT2D eigenvalue weighted by Crippen LogP contribution is 2.36. The number of rotatable bonds is 2. The van der Waals surface area contributed by atoms with E-state index in [1.54, 1.807) is 0 Å². The first-order valence-electron chi connectivity index (χ1n) is 10.1. The molecular weight excluding hydrogens is 330 g/mol. The fourth-order valence-electron chi connectivity index (χ4n) is 4.99. The Morgan fingerprint density at radius 1 is 0.833 bits per heavy atom. The van der Waals surface area contributed by atoms with Crippen LogP contribution in [0.4, 0.5) is 0 Å². The molecule has 0 radical (unpaired) electrons. The first-order valence-corrected chi connectivity index (χ1v) is 12.7. The summed E-state index contributed by atoms with van der Waals surface area (Å²) in [5.41, 5.74) is 6.70. The SMILES string of the molecule is CSC1CCCCCCC(C)CC(C)(N)CC(C)CC(C)C1SC. The van der Waals surface area contributed by atoms with Crippen LogP contribution in [0.3, 0.4) is 0 Å². The summed E-state index contributed by atoms with van der Waals surface area (Å²) in [6.45, 7) is 9.61. The molecule has 3 heteroatoms. The molecule has 0 bridgehead atoms. The fraction of sp³-hybridized carbons (Fsp3) is 1.00. The molecule has 1 saturated carbocycles. The van der Waals surface area contributed by atoms with Gasteiger partial charge in [-0.1, -0.05) is 52.9 Å². The lowest BCUT2D eigenvalue weighted by molar-refractivity contribution is 0.259. The lowest BCUT2D eigenvalue weighted by Gasteiger charge is -2.34. The summed E-state index contributed by atoms with van der Waals surface area (Å²) in [5, 5.41) is 1.60. The maximum absolute atomic E-state index is 6.70. The largest absolute Gasteiger partial charge is 0.325 e. The highest BCUT2D eigenvalue weighted by atomic mass is 32.2. The van der Waals surface area contributed by atoms with Gasteiger partial charge in [-0.3, -0.25) is 0 Å². The minimum atomic E-state index is 0.00644. The van der Waals surface area contributed by atoms with E-state index in [1.165, 1.54) is 57.8 Å². The molecule has 0 aromatic rings. The van der Waals surface area contributed by atoms with E-state index in [0.29, 0.717) is 0 Å². The molecule has 1 aliphatic rings. The number of thioether (sulfide) groups is 2. The molecule has 1 fully saturated rings. The van der Waals surface area contributed by atoms with Crippen molar-refractivity contribution in [2.75, 3.05) is 12.5 Å². The zero-order valence-electron chi connectivity index (χ0n) is 17.1. The van der Waals surface area contributed by atoms with Gasteiger partial charge < -0.3 is 5.73 Å². The average molecular weight is 374 g/mol. The van der Waals surface area contributed by atoms with Crippen LogP contribution >= 0.6 is 23.5 Å². The molecule has 1 aliphatic carbocycles. The van der Waals surface area contributed by atoms with E-state index in [2.05, 4.69) is 63.7 Å². The maximum atomic E-state index is 6.70. The summed E-state index contributed by atoms with van der Waals surface area (Å²) in [4.78, 5) is 0. The van der Waals surface area contributed by atoms with Gasteiger partial charge in [0.05, 0.1) is 0 Å². The summed E-state index contributed by atoms with van der Waals surface area (Å²) < 4.78 is 0. The van der Waals surface area contributed by atoms with Gasteiger partial charge in [-0.2, -0.15) is 23.5 Å². The Bertz CT molecular complexity index is 332. The third kappa shape index (κ3) is 8.36. The van der Waals surface area contributed by atoms with Crippen molar-refractivity contribution < 1.29 is 0 Å². The third-order valence-electron chi connectivity index (χ3n) is 5.84. The number of hydrogen-bond acceptors (Lipinski definition) is 3. The predicted molar refractivity (Wildman–Crippen MR) is 116 cm³/mol. The molecule has 0 aliphatic heterocycles. The number of hydrogen-bond donors (Lipinski definition) is 1. The Kier molecular flexibility index (Phi) is 10.8. The van der Waals surface area contributed by atoms with Gasteiger partial charge in [-0.25, -0.2) is 0 Å². The van der Waals surface area contributed by atoms with Crippen LogP contribution in [0, 0.1) is 17.8 Å². The third-order valence-corrected chi connectivity index (χ3v) is 8.49. The van der Waals surface area contributed by atoms with E-state index < -0.39 is 0 Å². The molecule has 0 aromatic carbocycles. The summed E-state index contributed by atoms with van der Waals surface area (Å²) in [7, 11) is 0. The van der Waals surface area contributed by atoms with Gasteiger partial charge in [0.15, 0.2) is 0 Å². The van der Waals surface area contributed by atoms with Crippen LogP contribution < -0.4 is 5.73 Å². The van der Waals surface area contributed by atoms with Crippen LogP contribution in [-0.2, 0) is 0 Å². The predicted octanol–water partition coefficient (Wildman–Crippen LogP) is 6.60. The van der Waals surface area contributed by atoms with Crippen LogP contribution in [0.15, 0.2) is 0 Å². The minimum absolute atomic E-state index is 0.00644. The Morgan fingerprint density at radius 2 is 1.42 bits per heavy atom. The quantitative estimate of drug-likeness (QED) is 0.590. The molecule has 24 heavy (non-hydrogen) atoms. The lowest BCUT2D eigenvalue weighted by Crippen LogP contribution is -2.40. The topological polar surface area (TPSA) is 26.0 Å². The average Bonchev–Trinajstić information content (AvgIpc) is 2.47. The lowest BCUT2D eigenvalue weighted by atomic mass is 9.79. The standard InChI is InChI=1S/C21H43NS2/c1-16-11-9-7-8-10-12-19(23-5)20(24-6)18(3)13-17(2)15-21(4,22)14-16/h16-20H,7-15,22H2,1-6H3. The molecule has 0 aromatic heterocycles. The van der Waals surface area contributed by atoms with E-state index in [-0.39, 0.29) is 5.54 Å². The molecule has 0 spiro atoms. The van der Waals surface area contributed by atoms with Gasteiger partial charge in [0.2, 0.25) is 0 Å². The Hall–Kier alpha value is 0.660. The second-order valence-electron chi connectivity index (χ2n) is 8.95. The van der Waals surface area contributed by atoms with Crippen LogP contribution in [0.25, 0.3) is 0 Å². The molecule has 1 rings (SSSR count). The van der Waals surface area contributed by atoms with Crippen molar-refractivity contribution in [2.24, 2.45) is 23.5 Å². The van der Waals surface area contributed by atoms with E-state index in [1.807, 2.05) is 0 Å². The van der Waals surface area contributed by atoms with Gasteiger partial charge in [0.1, 0.15) is 0 Å². The zero-order valence-corrected chi connectivity index (χ0v) is 18.8. The van der Waals surface area contributed by atoms with Crippen molar-refractivity contribution in [2.45, 2.75) is 102 Å². The molecule has 6 atom stereocenters. The van der Waals surface area contributed by atoms with Crippen LogP contribution in [-0.4, -0.2) is 28.6 Å². The van der Waals surface area contributed by atoms with Gasteiger partial charge >= 0.3 is 0 Å². The smallest absolute Gasteiger partial charge is 0.0189 e. The molecule has 1 nitrogen and oxygen atoms in total. The molecule has 2 N–H and O–H groups in total. The van der Waals surface area contributed by atoms with Crippen molar-refractivity contribution in [3.8, 4) is 0 Å². The Labute approximate surface area is 161 Å². The van der Waals surface area contributed by atoms with Crippen molar-refractivity contribution >= 4 is 23.5 Å². The zero-order chi connectivity index (χ0) is 18.2. The second-order valence-corrected chi connectivity index (χ2v) is 11.0. The summed E-state index contributed by atoms with van der Waals surface area (Å²) in [6.07, 6.45) is 16.7. The molecule has 6 unspecified atom stereocenters. The van der Waals surface area contributed by atoms with Crippen LogP contribution in [0.1, 0.15) is 85.5 Å². The molecule has 0 heterocycles. The fourth-order valence-corrected chi connectivity index (χ4v) is 7.61. The van der Waals surface area contributed by atoms with Crippen LogP contribution in [0.2, 0.25) is 0 Å². The summed E-state index contributed by atoms with van der Waals surface area (Å²) in [5.74, 6) is 2.28.